The zero-order valence-electron chi connectivity index (χ0n) is 20.3. The summed E-state index contributed by atoms with van der Waals surface area (Å²) in [5.74, 6) is 1.63. The summed E-state index contributed by atoms with van der Waals surface area (Å²) in [5, 5.41) is 13.6. The van der Waals surface area contributed by atoms with E-state index in [1.54, 1.807) is 13.3 Å². The number of carbonyl (C=O) groups excluding carboxylic acids is 2. The minimum atomic E-state index is -0.486. The smallest absolute Gasteiger partial charge is 0.226 e. The molecule has 1 aromatic carbocycles. The van der Waals surface area contributed by atoms with Crippen LogP contribution in [-0.2, 0) is 16.0 Å². The van der Waals surface area contributed by atoms with Gasteiger partial charge in [-0.1, -0.05) is 6.92 Å². The number of benzene rings is 1. The number of aromatic nitrogens is 1. The zero-order valence-corrected chi connectivity index (χ0v) is 23.2. The van der Waals surface area contributed by atoms with Crippen molar-refractivity contribution in [1.82, 2.24) is 4.98 Å². The molecule has 2 saturated carbocycles. The van der Waals surface area contributed by atoms with Gasteiger partial charge in [-0.2, -0.15) is 0 Å². The first-order chi connectivity index (χ1) is 16.8. The summed E-state index contributed by atoms with van der Waals surface area (Å²) < 4.78 is 6.67. The maximum atomic E-state index is 13.5. The molecule has 3 unspecified atom stereocenters. The predicted molar refractivity (Wildman–Crippen MR) is 145 cm³/mol. The maximum absolute atomic E-state index is 13.5. The Morgan fingerprint density at radius 3 is 2.89 bits per heavy atom. The number of halogens is 1. The Morgan fingerprint density at radius 2 is 2.20 bits per heavy atom. The molecule has 2 N–H and O–H groups in total. The van der Waals surface area contributed by atoms with Crippen LogP contribution in [0.3, 0.4) is 0 Å². The minimum Gasteiger partial charge on any atom is -0.515 e. The average molecular weight is 607 g/mol. The van der Waals surface area contributed by atoms with Gasteiger partial charge in [0.25, 0.3) is 0 Å². The Morgan fingerprint density at radius 1 is 1.40 bits per heavy atom. The van der Waals surface area contributed by atoms with Gasteiger partial charge in [-0.15, -0.1) is 11.3 Å². The summed E-state index contributed by atoms with van der Waals surface area (Å²) in [5.41, 5.74) is 2.76. The summed E-state index contributed by atoms with van der Waals surface area (Å²) in [4.78, 5) is 31.5. The van der Waals surface area contributed by atoms with Crippen LogP contribution >= 0.6 is 33.9 Å². The third-order valence-electron chi connectivity index (χ3n) is 8.55. The molecule has 1 aromatic heterocycles. The minimum absolute atomic E-state index is 0.0690. The largest absolute Gasteiger partial charge is 0.515 e. The number of aliphatic hydroxyl groups is 1. The highest BCUT2D eigenvalue weighted by Gasteiger charge is 2.60. The van der Waals surface area contributed by atoms with Crippen molar-refractivity contribution in [2.45, 2.75) is 58.3 Å². The van der Waals surface area contributed by atoms with Gasteiger partial charge in [0.1, 0.15) is 5.75 Å². The number of carbonyl (C=O) groups is 2. The number of anilines is 1. The molecule has 3 aliphatic rings. The van der Waals surface area contributed by atoms with Gasteiger partial charge in [-0.3, -0.25) is 9.59 Å². The molecule has 0 saturated heterocycles. The Balaban J connectivity index is 1.42. The first-order valence-electron chi connectivity index (χ1n) is 12.2. The zero-order chi connectivity index (χ0) is 24.9. The molecule has 5 rings (SSSR count). The highest BCUT2D eigenvalue weighted by molar-refractivity contribution is 14.1. The van der Waals surface area contributed by atoms with Crippen molar-refractivity contribution in [3.63, 3.8) is 0 Å². The number of thiazole rings is 1. The summed E-state index contributed by atoms with van der Waals surface area (Å²) in [6.07, 6.45) is 7.35. The fourth-order valence-electron chi connectivity index (χ4n) is 7.05. The molecule has 3 aliphatic carbocycles. The normalized spacial score (nSPS) is 30.5. The van der Waals surface area contributed by atoms with Crippen LogP contribution in [0.5, 0.6) is 5.75 Å². The number of Topliss-reactive ketones (excluding diaryl/α,β-unsaturated/α-hetero) is 1. The lowest BCUT2D eigenvalue weighted by atomic mass is 9.54. The van der Waals surface area contributed by atoms with Gasteiger partial charge in [0.15, 0.2) is 10.9 Å². The van der Waals surface area contributed by atoms with E-state index < -0.39 is 5.41 Å². The Hall–Kier alpha value is -1.94. The van der Waals surface area contributed by atoms with Gasteiger partial charge in [0.2, 0.25) is 5.91 Å². The third-order valence-corrected chi connectivity index (χ3v) is 10.2. The van der Waals surface area contributed by atoms with E-state index >= 15 is 0 Å². The van der Waals surface area contributed by atoms with Crippen molar-refractivity contribution < 1.29 is 19.4 Å². The second-order valence-corrected chi connectivity index (χ2v) is 12.8. The van der Waals surface area contributed by atoms with Gasteiger partial charge in [0, 0.05) is 28.5 Å². The number of aliphatic hydroxyl groups excluding tert-OH is 1. The first kappa shape index (κ1) is 24.7. The highest BCUT2D eigenvalue weighted by Crippen LogP contribution is 2.63. The summed E-state index contributed by atoms with van der Waals surface area (Å²) in [6.45, 7) is 4.04. The SMILES string of the molecule is COc1cc2c(cc1I)C1CC[C@]3(C)C(=O)/C(=C\O)[C@@H](CCC(=O)Nc4ncc(C)s4)C3C1CC2. The van der Waals surface area contributed by atoms with Crippen LogP contribution in [0.25, 0.3) is 0 Å². The van der Waals surface area contributed by atoms with Crippen LogP contribution in [0.1, 0.15) is 60.9 Å². The van der Waals surface area contributed by atoms with E-state index in [-0.39, 0.29) is 23.5 Å². The number of nitrogens with one attached hydrogen (secondary N) is 1. The number of hydrogen-bond acceptors (Lipinski definition) is 6. The number of amides is 1. The lowest BCUT2D eigenvalue weighted by Crippen LogP contribution is -2.44. The van der Waals surface area contributed by atoms with Crippen molar-refractivity contribution in [3.8, 4) is 5.75 Å². The molecule has 0 spiro atoms. The van der Waals surface area contributed by atoms with E-state index in [0.717, 1.165) is 46.1 Å². The number of hydrogen-bond donors (Lipinski definition) is 2. The van der Waals surface area contributed by atoms with E-state index in [1.807, 2.05) is 6.92 Å². The number of ether oxygens (including phenoxy) is 1. The molecule has 2 fully saturated rings. The molecule has 0 aliphatic heterocycles. The van der Waals surface area contributed by atoms with E-state index in [1.165, 1.54) is 22.5 Å². The van der Waals surface area contributed by atoms with Crippen molar-refractivity contribution in [2.75, 3.05) is 12.4 Å². The molecular formula is C27H31IN2O4S. The Bertz CT molecular complexity index is 1210. The lowest BCUT2D eigenvalue weighted by Gasteiger charge is -2.49. The monoisotopic (exact) mass is 606 g/mol. The molecule has 1 amide bonds. The van der Waals surface area contributed by atoms with Crippen LogP contribution in [0, 0.1) is 33.7 Å². The predicted octanol–water partition coefficient (Wildman–Crippen LogP) is 6.19. The molecule has 6 nitrogen and oxygen atoms in total. The number of aryl methyl sites for hydroxylation is 2. The number of rotatable bonds is 5. The first-order valence-corrected chi connectivity index (χ1v) is 14.1. The average Bonchev–Trinajstić information content (AvgIpc) is 3.34. The molecule has 0 bridgehead atoms. The highest BCUT2D eigenvalue weighted by atomic mass is 127. The Kier molecular flexibility index (Phi) is 6.72. The van der Waals surface area contributed by atoms with E-state index in [4.69, 9.17) is 4.74 Å². The van der Waals surface area contributed by atoms with Crippen molar-refractivity contribution in [1.29, 1.82) is 0 Å². The molecule has 0 radical (unpaired) electrons. The second-order valence-electron chi connectivity index (χ2n) is 10.4. The molecule has 5 atom stereocenters. The second kappa shape index (κ2) is 9.50. The van der Waals surface area contributed by atoms with Crippen LogP contribution in [-0.4, -0.2) is 28.9 Å². The summed E-state index contributed by atoms with van der Waals surface area (Å²) >= 11 is 3.79. The number of allylic oxidation sites excluding steroid dienone is 1. The van der Waals surface area contributed by atoms with Crippen molar-refractivity contribution >= 4 is 50.7 Å². The van der Waals surface area contributed by atoms with Gasteiger partial charge >= 0.3 is 0 Å². The van der Waals surface area contributed by atoms with Crippen LogP contribution < -0.4 is 10.1 Å². The van der Waals surface area contributed by atoms with Crippen molar-refractivity contribution in [3.05, 3.63) is 49.7 Å². The van der Waals surface area contributed by atoms with Crippen molar-refractivity contribution in [2.24, 2.45) is 23.2 Å². The van der Waals surface area contributed by atoms with E-state index in [9.17, 15) is 14.7 Å². The standard InChI is InChI=1S/C27H31IN2O4S/c1-14-12-29-26(35-14)30-23(32)7-6-18-20(13-31)25(33)27(2)9-8-16-17(24(18)27)5-4-15-10-22(34-3)21(28)11-19(15)16/h10-13,16-18,24,31H,4-9H2,1-3H3,(H,29,30,32)/b20-13-/t16?,17?,18-,24?,27+/m1/s1. The fourth-order valence-corrected chi connectivity index (χ4v) is 8.44. The Labute approximate surface area is 223 Å². The van der Waals surface area contributed by atoms with E-state index in [0.29, 0.717) is 35.4 Å². The lowest BCUT2D eigenvalue weighted by molar-refractivity contribution is -0.127. The number of fused-ring (bicyclic) bond motifs is 5. The summed E-state index contributed by atoms with van der Waals surface area (Å²) in [6, 6.07) is 4.45. The maximum Gasteiger partial charge on any atom is 0.226 e. The molecule has 8 heteroatoms. The fraction of sp³-hybridized carbons (Fsp3) is 0.519. The van der Waals surface area contributed by atoms with Crippen LogP contribution in [0.2, 0.25) is 0 Å². The van der Waals surface area contributed by atoms with Crippen LogP contribution in [0.4, 0.5) is 5.13 Å². The summed E-state index contributed by atoms with van der Waals surface area (Å²) in [7, 11) is 1.71. The molecule has 186 valence electrons. The third kappa shape index (κ3) is 4.20. The molecule has 1 heterocycles. The van der Waals surface area contributed by atoms with Gasteiger partial charge < -0.3 is 15.2 Å². The van der Waals surface area contributed by atoms with Gasteiger partial charge in [-0.25, -0.2) is 4.98 Å². The van der Waals surface area contributed by atoms with E-state index in [2.05, 4.69) is 51.9 Å². The quantitative estimate of drug-likeness (QED) is 0.241. The number of methoxy groups -OCH3 is 1. The molecule has 2 aromatic rings. The van der Waals surface area contributed by atoms with Crippen LogP contribution in [0.15, 0.2) is 30.2 Å². The van der Waals surface area contributed by atoms with Gasteiger partial charge in [-0.05, 0) is 109 Å². The molecule has 35 heavy (non-hydrogen) atoms. The van der Waals surface area contributed by atoms with Gasteiger partial charge in [0.05, 0.1) is 16.9 Å². The number of nitrogens with zero attached hydrogens (tertiary/aromatic N) is 1. The molecular weight excluding hydrogens is 575 g/mol. The number of ketones is 1. The topological polar surface area (TPSA) is 88.5 Å².